The highest BCUT2D eigenvalue weighted by Gasteiger charge is 2.41. The van der Waals surface area contributed by atoms with Crippen molar-refractivity contribution in [3.8, 4) is 0 Å². The van der Waals surface area contributed by atoms with Gasteiger partial charge in [-0.05, 0) is 23.6 Å². The molecule has 1 N–H and O–H groups in total. The van der Waals surface area contributed by atoms with Crippen LogP contribution in [0.4, 0.5) is 0 Å². The summed E-state index contributed by atoms with van der Waals surface area (Å²) in [5.74, 6) is -1.81. The van der Waals surface area contributed by atoms with E-state index >= 15 is 0 Å². The van der Waals surface area contributed by atoms with Gasteiger partial charge in [0.1, 0.15) is 6.04 Å². The van der Waals surface area contributed by atoms with Crippen molar-refractivity contribution < 1.29 is 19.5 Å². The van der Waals surface area contributed by atoms with E-state index < -0.39 is 17.9 Å². The lowest BCUT2D eigenvalue weighted by molar-refractivity contribution is -0.153. The molecular formula is C23H24N2O4. The third-order valence-corrected chi connectivity index (χ3v) is 5.87. The van der Waals surface area contributed by atoms with Crippen LogP contribution in [0.1, 0.15) is 28.7 Å². The van der Waals surface area contributed by atoms with Gasteiger partial charge in [-0.15, -0.1) is 0 Å². The van der Waals surface area contributed by atoms with Crippen LogP contribution in [0.2, 0.25) is 0 Å². The van der Waals surface area contributed by atoms with Crippen molar-refractivity contribution in [2.75, 3.05) is 6.54 Å². The molecule has 0 saturated carbocycles. The van der Waals surface area contributed by atoms with Crippen molar-refractivity contribution >= 4 is 17.8 Å². The van der Waals surface area contributed by atoms with Gasteiger partial charge in [0.2, 0.25) is 11.8 Å². The predicted octanol–water partition coefficient (Wildman–Crippen LogP) is 2.38. The van der Waals surface area contributed by atoms with Crippen LogP contribution in [-0.4, -0.2) is 45.3 Å². The maximum Gasteiger partial charge on any atom is 0.326 e. The highest BCUT2D eigenvalue weighted by molar-refractivity contribution is 5.91. The fourth-order valence-electron chi connectivity index (χ4n) is 4.21. The Morgan fingerprint density at radius 1 is 1.03 bits per heavy atom. The minimum absolute atomic E-state index is 0.0618. The number of nitrogens with zero attached hydrogens (tertiary/aromatic N) is 2. The van der Waals surface area contributed by atoms with Gasteiger partial charge in [0, 0.05) is 32.5 Å². The molecule has 2 aliphatic rings. The summed E-state index contributed by atoms with van der Waals surface area (Å²) in [5, 5.41) is 9.68. The van der Waals surface area contributed by atoms with Crippen LogP contribution in [0, 0.1) is 12.8 Å². The van der Waals surface area contributed by atoms with Gasteiger partial charge in [-0.3, -0.25) is 9.59 Å². The lowest BCUT2D eigenvalue weighted by atomic mass is 9.92. The van der Waals surface area contributed by atoms with Crippen molar-refractivity contribution in [3.63, 3.8) is 0 Å². The van der Waals surface area contributed by atoms with Gasteiger partial charge in [0.15, 0.2) is 0 Å². The van der Waals surface area contributed by atoms with Crippen molar-refractivity contribution in [3.05, 3.63) is 70.8 Å². The standard InChI is InChI=1S/C23H24N2O4/c1-15-6-8-16(9-7-15)12-24-13-19(11-21(24)26)22(27)25-14-18-5-3-2-4-17(18)10-20(25)23(28)29/h2-9,19-20H,10-14H2,1H3,(H,28,29). The second kappa shape index (κ2) is 7.70. The summed E-state index contributed by atoms with van der Waals surface area (Å²) >= 11 is 0. The van der Waals surface area contributed by atoms with E-state index in [9.17, 15) is 19.5 Å². The van der Waals surface area contributed by atoms with E-state index in [-0.39, 0.29) is 24.8 Å². The number of carboxylic acid groups (broad SMARTS) is 1. The molecule has 150 valence electrons. The Hall–Kier alpha value is -3.15. The number of carboxylic acids is 1. The first-order valence-corrected chi connectivity index (χ1v) is 9.86. The number of aryl methyl sites for hydroxylation is 1. The third kappa shape index (κ3) is 3.88. The summed E-state index contributed by atoms with van der Waals surface area (Å²) in [5.41, 5.74) is 4.11. The van der Waals surface area contributed by atoms with Crippen molar-refractivity contribution in [2.24, 2.45) is 5.92 Å². The van der Waals surface area contributed by atoms with E-state index in [2.05, 4.69) is 0 Å². The maximum atomic E-state index is 13.2. The van der Waals surface area contributed by atoms with E-state index in [4.69, 9.17) is 0 Å². The molecule has 0 spiro atoms. The number of benzene rings is 2. The average molecular weight is 392 g/mol. The molecule has 2 aromatic rings. The van der Waals surface area contributed by atoms with Crippen molar-refractivity contribution in [1.82, 2.24) is 9.80 Å². The zero-order valence-electron chi connectivity index (χ0n) is 16.4. The molecule has 2 heterocycles. The SMILES string of the molecule is Cc1ccc(CN2CC(C(=O)N3Cc4ccccc4CC3C(=O)O)CC2=O)cc1. The molecule has 1 saturated heterocycles. The monoisotopic (exact) mass is 392 g/mol. The first-order valence-electron chi connectivity index (χ1n) is 9.86. The molecule has 0 aromatic heterocycles. The summed E-state index contributed by atoms with van der Waals surface area (Å²) in [7, 11) is 0. The average Bonchev–Trinajstić information content (AvgIpc) is 3.08. The van der Waals surface area contributed by atoms with Crippen LogP contribution in [0.5, 0.6) is 0 Å². The van der Waals surface area contributed by atoms with E-state index in [0.717, 1.165) is 22.3 Å². The lowest BCUT2D eigenvalue weighted by Gasteiger charge is -2.35. The van der Waals surface area contributed by atoms with E-state index in [1.165, 1.54) is 4.90 Å². The summed E-state index contributed by atoms with van der Waals surface area (Å²) in [6, 6.07) is 14.7. The molecule has 2 aliphatic heterocycles. The van der Waals surface area contributed by atoms with Gasteiger partial charge in [-0.25, -0.2) is 4.79 Å². The maximum absolute atomic E-state index is 13.2. The second-order valence-electron chi connectivity index (χ2n) is 7.95. The first-order chi connectivity index (χ1) is 13.9. The van der Waals surface area contributed by atoms with Gasteiger partial charge in [-0.1, -0.05) is 54.1 Å². The van der Waals surface area contributed by atoms with Gasteiger partial charge in [0.25, 0.3) is 0 Å². The number of amides is 2. The quantitative estimate of drug-likeness (QED) is 0.867. The number of hydrogen-bond donors (Lipinski definition) is 1. The molecule has 2 atom stereocenters. The largest absolute Gasteiger partial charge is 0.480 e. The number of carbonyl (C=O) groups excluding carboxylic acids is 2. The second-order valence-corrected chi connectivity index (χ2v) is 7.95. The number of rotatable bonds is 4. The Kier molecular flexibility index (Phi) is 5.09. The van der Waals surface area contributed by atoms with Crippen molar-refractivity contribution in [2.45, 2.75) is 38.9 Å². The fourth-order valence-corrected chi connectivity index (χ4v) is 4.21. The Labute approximate surface area is 169 Å². The molecule has 2 aromatic carbocycles. The molecule has 6 heteroatoms. The molecule has 6 nitrogen and oxygen atoms in total. The number of hydrogen-bond acceptors (Lipinski definition) is 3. The van der Waals surface area contributed by atoms with Crippen molar-refractivity contribution in [1.29, 1.82) is 0 Å². The van der Waals surface area contributed by atoms with Crippen LogP contribution in [0.15, 0.2) is 48.5 Å². The summed E-state index contributed by atoms with van der Waals surface area (Å²) < 4.78 is 0. The molecular weight excluding hydrogens is 368 g/mol. The van der Waals surface area contributed by atoms with E-state index in [1.807, 2.05) is 55.5 Å². The Balaban J connectivity index is 1.49. The normalized spacial score (nSPS) is 21.2. The summed E-state index contributed by atoms with van der Waals surface area (Å²) in [4.78, 5) is 40.7. The predicted molar refractivity (Wildman–Crippen MR) is 107 cm³/mol. The highest BCUT2D eigenvalue weighted by atomic mass is 16.4. The molecule has 1 fully saturated rings. The molecule has 2 amide bonds. The minimum atomic E-state index is -1.01. The Morgan fingerprint density at radius 3 is 2.41 bits per heavy atom. The van der Waals surface area contributed by atoms with Gasteiger partial charge in [-0.2, -0.15) is 0 Å². The third-order valence-electron chi connectivity index (χ3n) is 5.87. The fraction of sp³-hybridized carbons (Fsp3) is 0.348. The summed E-state index contributed by atoms with van der Waals surface area (Å²) in [6.45, 7) is 3.08. The molecule has 0 bridgehead atoms. The number of aliphatic carboxylic acids is 1. The van der Waals surface area contributed by atoms with E-state index in [1.54, 1.807) is 4.90 Å². The first kappa shape index (κ1) is 19.2. The number of carbonyl (C=O) groups is 3. The Morgan fingerprint density at radius 2 is 1.72 bits per heavy atom. The van der Waals surface area contributed by atoms with Gasteiger partial charge >= 0.3 is 5.97 Å². The van der Waals surface area contributed by atoms with Gasteiger partial charge < -0.3 is 14.9 Å². The Bertz CT molecular complexity index is 954. The smallest absolute Gasteiger partial charge is 0.326 e. The minimum Gasteiger partial charge on any atom is -0.480 e. The van der Waals surface area contributed by atoms with Crippen LogP contribution >= 0.6 is 0 Å². The van der Waals surface area contributed by atoms with Crippen LogP contribution < -0.4 is 0 Å². The topological polar surface area (TPSA) is 77.9 Å². The molecule has 29 heavy (non-hydrogen) atoms. The molecule has 4 rings (SSSR count). The highest BCUT2D eigenvalue weighted by Crippen LogP contribution is 2.28. The van der Waals surface area contributed by atoms with Gasteiger partial charge in [0.05, 0.1) is 5.92 Å². The molecule has 0 radical (unpaired) electrons. The molecule has 2 unspecified atom stereocenters. The lowest BCUT2D eigenvalue weighted by Crippen LogP contribution is -2.51. The van der Waals surface area contributed by atoms with Crippen LogP contribution in [-0.2, 0) is 33.9 Å². The molecule has 0 aliphatic carbocycles. The van der Waals surface area contributed by atoms with Crippen LogP contribution in [0.25, 0.3) is 0 Å². The zero-order chi connectivity index (χ0) is 20.5. The zero-order valence-corrected chi connectivity index (χ0v) is 16.4. The van der Waals surface area contributed by atoms with Crippen LogP contribution in [0.3, 0.4) is 0 Å². The summed E-state index contributed by atoms with van der Waals surface area (Å²) in [6.07, 6.45) is 0.431. The number of fused-ring (bicyclic) bond motifs is 1. The van der Waals surface area contributed by atoms with E-state index in [0.29, 0.717) is 19.5 Å². The number of likely N-dealkylation sites (tertiary alicyclic amines) is 1.